The smallest absolute Gasteiger partial charge is 0.224 e. The van der Waals surface area contributed by atoms with Gasteiger partial charge in [-0.25, -0.2) is 0 Å². The maximum absolute atomic E-state index is 12.1. The van der Waals surface area contributed by atoms with Gasteiger partial charge < -0.3 is 5.32 Å². The highest BCUT2D eigenvalue weighted by Gasteiger charge is 2.15. The summed E-state index contributed by atoms with van der Waals surface area (Å²) in [6.07, 6.45) is 1.00. The monoisotopic (exact) mass is 410 g/mol. The van der Waals surface area contributed by atoms with Crippen LogP contribution in [0.2, 0.25) is 10.0 Å². The van der Waals surface area contributed by atoms with E-state index in [2.05, 4.69) is 32.3 Å². The molecule has 118 valence electrons. The second kappa shape index (κ2) is 7.04. The van der Waals surface area contributed by atoms with Crippen molar-refractivity contribution < 1.29 is 4.79 Å². The van der Waals surface area contributed by atoms with Gasteiger partial charge in [0, 0.05) is 26.7 Å². The van der Waals surface area contributed by atoms with E-state index in [9.17, 15) is 4.79 Å². The number of nitrogens with one attached hydrogen (secondary N) is 1. The first kappa shape index (κ1) is 16.5. The van der Waals surface area contributed by atoms with Gasteiger partial charge in [0.1, 0.15) is 0 Å². The van der Waals surface area contributed by atoms with Crippen LogP contribution in [-0.4, -0.2) is 18.2 Å². The largest absolute Gasteiger partial charge is 0.350 e. The summed E-state index contributed by atoms with van der Waals surface area (Å²) in [6, 6.07) is 11.1. The Hall–Kier alpha value is -1.36. The lowest BCUT2D eigenvalue weighted by Crippen LogP contribution is -2.30. The van der Waals surface area contributed by atoms with Crippen LogP contribution in [0.15, 0.2) is 45.9 Å². The molecule has 0 saturated carbocycles. The molecule has 2 aromatic rings. The number of fused-ring (bicyclic) bond motifs is 1. The standard InChI is InChI=1S/C17H13BrCl2N2O/c18-12-1-2-16-11(6-12)7-15(22-16)9-21-17(23)5-10-3-13(19)8-14(20)4-10/h1-4,6,8H,5,7,9H2,(H,21,23). The predicted molar refractivity (Wildman–Crippen MR) is 98.1 cm³/mol. The molecule has 2 aromatic carbocycles. The van der Waals surface area contributed by atoms with Crippen molar-refractivity contribution in [1.82, 2.24) is 5.32 Å². The average Bonchev–Trinajstić information content (AvgIpc) is 2.86. The zero-order valence-corrected chi connectivity index (χ0v) is 15.2. The summed E-state index contributed by atoms with van der Waals surface area (Å²) in [4.78, 5) is 16.6. The number of carbonyl (C=O) groups is 1. The van der Waals surface area contributed by atoms with Gasteiger partial charge in [0.15, 0.2) is 0 Å². The molecule has 0 bridgehead atoms. The molecule has 0 atom stereocenters. The summed E-state index contributed by atoms with van der Waals surface area (Å²) in [5.74, 6) is -0.0804. The summed E-state index contributed by atoms with van der Waals surface area (Å²) < 4.78 is 1.04. The third-order valence-electron chi connectivity index (χ3n) is 3.49. The Morgan fingerprint density at radius 2 is 1.91 bits per heavy atom. The van der Waals surface area contributed by atoms with E-state index >= 15 is 0 Å². The molecule has 0 aliphatic carbocycles. The second-order valence-corrected chi connectivity index (χ2v) is 7.15. The molecular formula is C17H13BrCl2N2O. The number of amides is 1. The van der Waals surface area contributed by atoms with Crippen molar-refractivity contribution in [3.63, 3.8) is 0 Å². The minimum Gasteiger partial charge on any atom is -0.350 e. The van der Waals surface area contributed by atoms with E-state index in [1.165, 1.54) is 5.56 Å². The highest BCUT2D eigenvalue weighted by molar-refractivity contribution is 9.10. The van der Waals surface area contributed by atoms with E-state index in [-0.39, 0.29) is 12.3 Å². The number of hydrogen-bond donors (Lipinski definition) is 1. The van der Waals surface area contributed by atoms with Crippen LogP contribution < -0.4 is 5.32 Å². The Morgan fingerprint density at radius 1 is 1.17 bits per heavy atom. The summed E-state index contributed by atoms with van der Waals surface area (Å²) in [5.41, 5.74) is 3.89. The zero-order valence-electron chi connectivity index (χ0n) is 12.1. The molecule has 6 heteroatoms. The number of aliphatic imine (C=N–C) groups is 1. The van der Waals surface area contributed by atoms with Gasteiger partial charge >= 0.3 is 0 Å². The Labute approximate surface area is 152 Å². The number of nitrogens with zero attached hydrogens (tertiary/aromatic N) is 1. The molecule has 1 aliphatic heterocycles. The van der Waals surface area contributed by atoms with Crippen LogP contribution in [0.4, 0.5) is 5.69 Å². The van der Waals surface area contributed by atoms with Gasteiger partial charge in [0.05, 0.1) is 18.7 Å². The molecule has 1 N–H and O–H groups in total. The van der Waals surface area contributed by atoms with Crippen molar-refractivity contribution in [2.24, 2.45) is 4.99 Å². The summed E-state index contributed by atoms with van der Waals surface area (Å²) in [7, 11) is 0. The van der Waals surface area contributed by atoms with E-state index in [4.69, 9.17) is 23.2 Å². The van der Waals surface area contributed by atoms with Crippen LogP contribution in [0, 0.1) is 0 Å². The van der Waals surface area contributed by atoms with Crippen molar-refractivity contribution in [2.45, 2.75) is 12.8 Å². The highest BCUT2D eigenvalue weighted by Crippen LogP contribution is 2.29. The van der Waals surface area contributed by atoms with Gasteiger partial charge in [0.25, 0.3) is 0 Å². The number of benzene rings is 2. The molecule has 3 nitrogen and oxygen atoms in total. The van der Waals surface area contributed by atoms with Crippen LogP contribution in [0.3, 0.4) is 0 Å². The van der Waals surface area contributed by atoms with Gasteiger partial charge in [0.2, 0.25) is 5.91 Å². The molecule has 0 saturated heterocycles. The third kappa shape index (κ3) is 4.34. The maximum Gasteiger partial charge on any atom is 0.224 e. The van der Waals surface area contributed by atoms with Crippen molar-refractivity contribution in [3.8, 4) is 0 Å². The van der Waals surface area contributed by atoms with Gasteiger partial charge in [-0.3, -0.25) is 9.79 Å². The van der Waals surface area contributed by atoms with E-state index in [0.29, 0.717) is 16.6 Å². The fraction of sp³-hybridized carbons (Fsp3) is 0.176. The van der Waals surface area contributed by atoms with Gasteiger partial charge in [-0.15, -0.1) is 0 Å². The molecule has 1 amide bonds. The van der Waals surface area contributed by atoms with E-state index < -0.39 is 0 Å². The lowest BCUT2D eigenvalue weighted by atomic mass is 10.1. The Balaban J connectivity index is 1.56. The van der Waals surface area contributed by atoms with Crippen LogP contribution in [0.25, 0.3) is 0 Å². The summed E-state index contributed by atoms with van der Waals surface area (Å²) >= 11 is 15.3. The van der Waals surface area contributed by atoms with Gasteiger partial charge in [-0.2, -0.15) is 0 Å². The molecule has 0 radical (unpaired) electrons. The maximum atomic E-state index is 12.1. The number of carbonyl (C=O) groups excluding carboxylic acids is 1. The molecule has 1 aliphatic rings. The molecular weight excluding hydrogens is 399 g/mol. The van der Waals surface area contributed by atoms with Crippen molar-refractivity contribution in [1.29, 1.82) is 0 Å². The fourth-order valence-corrected chi connectivity index (χ4v) is 3.48. The van der Waals surface area contributed by atoms with Gasteiger partial charge in [-0.05, 0) is 47.5 Å². The first-order valence-electron chi connectivity index (χ1n) is 7.06. The van der Waals surface area contributed by atoms with Crippen LogP contribution >= 0.6 is 39.1 Å². The van der Waals surface area contributed by atoms with Crippen molar-refractivity contribution in [2.75, 3.05) is 6.54 Å². The Kier molecular flexibility index (Phi) is 5.05. The Bertz CT molecular complexity index is 785. The number of halogens is 3. The average molecular weight is 412 g/mol. The van der Waals surface area contributed by atoms with Crippen LogP contribution in [0.5, 0.6) is 0 Å². The topological polar surface area (TPSA) is 41.5 Å². The second-order valence-electron chi connectivity index (χ2n) is 5.36. The molecule has 23 heavy (non-hydrogen) atoms. The summed E-state index contributed by atoms with van der Waals surface area (Å²) in [6.45, 7) is 0.444. The molecule has 1 heterocycles. The predicted octanol–water partition coefficient (Wildman–Crippen LogP) is 4.74. The summed E-state index contributed by atoms with van der Waals surface area (Å²) in [5, 5.41) is 3.95. The quantitative estimate of drug-likeness (QED) is 0.775. The minimum absolute atomic E-state index is 0.0804. The Morgan fingerprint density at radius 3 is 2.65 bits per heavy atom. The number of rotatable bonds is 4. The minimum atomic E-state index is -0.0804. The van der Waals surface area contributed by atoms with E-state index in [1.807, 2.05) is 12.1 Å². The first-order valence-corrected chi connectivity index (χ1v) is 8.61. The van der Waals surface area contributed by atoms with Crippen LogP contribution in [-0.2, 0) is 17.6 Å². The first-order chi connectivity index (χ1) is 11.0. The van der Waals surface area contributed by atoms with Crippen molar-refractivity contribution in [3.05, 3.63) is 62.0 Å². The van der Waals surface area contributed by atoms with E-state index in [1.54, 1.807) is 18.2 Å². The molecule has 0 spiro atoms. The molecule has 0 unspecified atom stereocenters. The number of hydrogen-bond acceptors (Lipinski definition) is 2. The molecule has 3 rings (SSSR count). The third-order valence-corrected chi connectivity index (χ3v) is 4.42. The lowest BCUT2D eigenvalue weighted by molar-refractivity contribution is -0.120. The van der Waals surface area contributed by atoms with Crippen molar-refractivity contribution >= 4 is 56.4 Å². The molecule has 0 aromatic heterocycles. The SMILES string of the molecule is O=C(Cc1cc(Cl)cc(Cl)c1)NCC1=Nc2ccc(Br)cc2C1. The van der Waals surface area contributed by atoms with Crippen LogP contribution in [0.1, 0.15) is 11.1 Å². The lowest BCUT2D eigenvalue weighted by Gasteiger charge is -2.06. The highest BCUT2D eigenvalue weighted by atomic mass is 79.9. The molecule has 0 fully saturated rings. The van der Waals surface area contributed by atoms with Gasteiger partial charge in [-0.1, -0.05) is 39.1 Å². The van der Waals surface area contributed by atoms with E-state index in [0.717, 1.165) is 27.9 Å². The normalized spacial score (nSPS) is 12.7. The zero-order chi connectivity index (χ0) is 16.4. The fourth-order valence-electron chi connectivity index (χ4n) is 2.50.